The Kier molecular flexibility index (Phi) is 5.55. The largest absolute Gasteiger partial charge is 0.351 e. The number of nitrogens with one attached hydrogen (secondary N) is 2. The first-order valence-corrected chi connectivity index (χ1v) is 6.89. The van der Waals surface area contributed by atoms with Gasteiger partial charge in [0, 0.05) is 31.0 Å². The molecule has 0 aliphatic rings. The summed E-state index contributed by atoms with van der Waals surface area (Å²) in [5.41, 5.74) is 1.41. The van der Waals surface area contributed by atoms with Crippen molar-refractivity contribution in [2.45, 2.75) is 19.5 Å². The number of rotatable bonds is 6. The van der Waals surface area contributed by atoms with E-state index in [1.807, 2.05) is 19.1 Å². The number of carbonyl (C=O) groups is 1. The molecular weight excluding hydrogens is 288 g/mol. The molecule has 1 aromatic carbocycles. The van der Waals surface area contributed by atoms with Gasteiger partial charge in [0.25, 0.3) is 0 Å². The van der Waals surface area contributed by atoms with E-state index >= 15 is 0 Å². The van der Waals surface area contributed by atoms with Crippen LogP contribution in [0.1, 0.15) is 24.1 Å². The number of carbonyl (C=O) groups excluding carboxylic acids is 1. The number of hydrogen-bond donors (Lipinski definition) is 2. The maximum absolute atomic E-state index is 13.0. The van der Waals surface area contributed by atoms with Crippen molar-refractivity contribution >= 4 is 5.91 Å². The molecule has 2 aromatic rings. The van der Waals surface area contributed by atoms with Crippen LogP contribution in [0.5, 0.6) is 0 Å². The summed E-state index contributed by atoms with van der Waals surface area (Å²) < 4.78 is 26.0. The van der Waals surface area contributed by atoms with Gasteiger partial charge in [-0.1, -0.05) is 0 Å². The molecule has 1 heterocycles. The number of amides is 1. The topological polar surface area (TPSA) is 54.0 Å². The smallest absolute Gasteiger partial charge is 0.234 e. The van der Waals surface area contributed by atoms with Gasteiger partial charge in [-0.25, -0.2) is 8.78 Å². The fourth-order valence-electron chi connectivity index (χ4n) is 1.99. The molecule has 0 saturated heterocycles. The van der Waals surface area contributed by atoms with E-state index in [-0.39, 0.29) is 25.0 Å². The van der Waals surface area contributed by atoms with Crippen molar-refractivity contribution < 1.29 is 13.6 Å². The number of nitrogens with zero attached hydrogens (tertiary/aromatic N) is 1. The van der Waals surface area contributed by atoms with Gasteiger partial charge in [-0.15, -0.1) is 0 Å². The maximum atomic E-state index is 13.0. The third-order valence-electron chi connectivity index (χ3n) is 3.19. The van der Waals surface area contributed by atoms with E-state index in [1.54, 1.807) is 12.4 Å². The van der Waals surface area contributed by atoms with Crippen LogP contribution >= 0.6 is 0 Å². The summed E-state index contributed by atoms with van der Waals surface area (Å²) in [6.45, 7) is 2.13. The van der Waals surface area contributed by atoms with Crippen LogP contribution < -0.4 is 10.6 Å². The maximum Gasteiger partial charge on any atom is 0.234 e. The summed E-state index contributed by atoms with van der Waals surface area (Å²) in [4.78, 5) is 15.7. The second-order valence-corrected chi connectivity index (χ2v) is 4.94. The second kappa shape index (κ2) is 7.61. The first-order valence-electron chi connectivity index (χ1n) is 6.89. The average molecular weight is 305 g/mol. The van der Waals surface area contributed by atoms with Crippen molar-refractivity contribution in [3.63, 3.8) is 0 Å². The highest BCUT2D eigenvalue weighted by Crippen LogP contribution is 2.09. The lowest BCUT2D eigenvalue weighted by molar-refractivity contribution is -0.120. The SMILES string of the molecule is CC(NCC(=O)NCc1cc(F)cc(F)c1)c1ccncc1. The van der Waals surface area contributed by atoms with Crippen molar-refractivity contribution in [1.82, 2.24) is 15.6 Å². The third kappa shape index (κ3) is 4.89. The summed E-state index contributed by atoms with van der Waals surface area (Å²) in [5, 5.41) is 5.68. The highest BCUT2D eigenvalue weighted by Gasteiger charge is 2.08. The Morgan fingerprint density at radius 3 is 2.45 bits per heavy atom. The third-order valence-corrected chi connectivity index (χ3v) is 3.19. The van der Waals surface area contributed by atoms with E-state index in [2.05, 4.69) is 15.6 Å². The fourth-order valence-corrected chi connectivity index (χ4v) is 1.99. The molecule has 4 nitrogen and oxygen atoms in total. The van der Waals surface area contributed by atoms with E-state index < -0.39 is 11.6 Å². The van der Waals surface area contributed by atoms with Gasteiger partial charge in [-0.2, -0.15) is 0 Å². The molecule has 22 heavy (non-hydrogen) atoms. The number of aromatic nitrogens is 1. The van der Waals surface area contributed by atoms with E-state index in [0.717, 1.165) is 11.6 Å². The van der Waals surface area contributed by atoms with Crippen LogP contribution in [0.3, 0.4) is 0 Å². The summed E-state index contributed by atoms with van der Waals surface area (Å²) >= 11 is 0. The molecule has 2 N–H and O–H groups in total. The molecule has 0 spiro atoms. The van der Waals surface area contributed by atoms with E-state index in [0.29, 0.717) is 5.56 Å². The molecule has 1 atom stereocenters. The molecule has 0 fully saturated rings. The van der Waals surface area contributed by atoms with Gasteiger partial charge in [0.2, 0.25) is 5.91 Å². The number of pyridine rings is 1. The van der Waals surface area contributed by atoms with Crippen molar-refractivity contribution in [1.29, 1.82) is 0 Å². The van der Waals surface area contributed by atoms with Gasteiger partial charge in [0.15, 0.2) is 0 Å². The minimum Gasteiger partial charge on any atom is -0.351 e. The predicted molar refractivity (Wildman–Crippen MR) is 78.9 cm³/mol. The van der Waals surface area contributed by atoms with Crippen LogP contribution in [0.2, 0.25) is 0 Å². The Hall–Kier alpha value is -2.34. The first kappa shape index (κ1) is 16.0. The van der Waals surface area contributed by atoms with Gasteiger partial charge in [-0.05, 0) is 42.3 Å². The Labute approximate surface area is 127 Å². The molecule has 2 rings (SSSR count). The standard InChI is InChI=1S/C16H17F2N3O/c1-11(13-2-4-19-5-3-13)20-10-16(22)21-9-12-6-14(17)8-15(18)7-12/h2-8,11,20H,9-10H2,1H3,(H,21,22). The molecule has 1 unspecified atom stereocenters. The summed E-state index contributed by atoms with van der Waals surface area (Å²) in [7, 11) is 0. The Morgan fingerprint density at radius 2 is 1.82 bits per heavy atom. The minimum atomic E-state index is -0.659. The van der Waals surface area contributed by atoms with Crippen LogP contribution in [-0.2, 0) is 11.3 Å². The molecule has 1 aromatic heterocycles. The predicted octanol–water partition coefficient (Wildman–Crippen LogP) is 2.33. The molecule has 116 valence electrons. The molecule has 0 aliphatic carbocycles. The molecule has 0 aliphatic heterocycles. The molecule has 0 saturated carbocycles. The monoisotopic (exact) mass is 305 g/mol. The Bertz CT molecular complexity index is 614. The van der Waals surface area contributed by atoms with E-state index in [9.17, 15) is 13.6 Å². The average Bonchev–Trinajstić information content (AvgIpc) is 2.50. The van der Waals surface area contributed by atoms with E-state index in [1.165, 1.54) is 12.1 Å². The lowest BCUT2D eigenvalue weighted by Crippen LogP contribution is -2.34. The van der Waals surface area contributed by atoms with Gasteiger partial charge < -0.3 is 10.6 Å². The summed E-state index contributed by atoms with van der Waals surface area (Å²) in [6, 6.07) is 6.91. The number of hydrogen-bond acceptors (Lipinski definition) is 3. The highest BCUT2D eigenvalue weighted by atomic mass is 19.1. The Morgan fingerprint density at radius 1 is 1.18 bits per heavy atom. The van der Waals surface area contributed by atoms with Gasteiger partial charge >= 0.3 is 0 Å². The van der Waals surface area contributed by atoms with E-state index in [4.69, 9.17) is 0 Å². The zero-order valence-corrected chi connectivity index (χ0v) is 12.1. The fraction of sp³-hybridized carbons (Fsp3) is 0.250. The van der Waals surface area contributed by atoms with Crippen molar-refractivity contribution in [3.05, 3.63) is 65.5 Å². The van der Waals surface area contributed by atoms with Crippen molar-refractivity contribution in [2.24, 2.45) is 0 Å². The van der Waals surface area contributed by atoms with Crippen LogP contribution in [0.25, 0.3) is 0 Å². The molecular formula is C16H17F2N3O. The Balaban J connectivity index is 1.78. The molecule has 0 bridgehead atoms. The quantitative estimate of drug-likeness (QED) is 0.861. The van der Waals surface area contributed by atoms with Gasteiger partial charge in [0.05, 0.1) is 6.54 Å². The summed E-state index contributed by atoms with van der Waals surface area (Å²) in [6.07, 6.45) is 3.37. The summed E-state index contributed by atoms with van der Waals surface area (Å²) in [5.74, 6) is -1.56. The minimum absolute atomic E-state index is 0.000337. The molecule has 1 amide bonds. The lowest BCUT2D eigenvalue weighted by Gasteiger charge is -2.14. The van der Waals surface area contributed by atoms with Crippen LogP contribution in [-0.4, -0.2) is 17.4 Å². The van der Waals surface area contributed by atoms with Crippen LogP contribution in [0, 0.1) is 11.6 Å². The number of halogens is 2. The lowest BCUT2D eigenvalue weighted by atomic mass is 10.1. The zero-order valence-electron chi connectivity index (χ0n) is 12.1. The molecule has 0 radical (unpaired) electrons. The van der Waals surface area contributed by atoms with Crippen molar-refractivity contribution in [2.75, 3.05) is 6.54 Å². The zero-order chi connectivity index (χ0) is 15.9. The highest BCUT2D eigenvalue weighted by molar-refractivity contribution is 5.78. The van der Waals surface area contributed by atoms with Crippen LogP contribution in [0.4, 0.5) is 8.78 Å². The second-order valence-electron chi connectivity index (χ2n) is 4.94. The first-order chi connectivity index (χ1) is 10.5. The van der Waals surface area contributed by atoms with Gasteiger partial charge in [0.1, 0.15) is 11.6 Å². The normalized spacial score (nSPS) is 12.0. The van der Waals surface area contributed by atoms with Crippen molar-refractivity contribution in [3.8, 4) is 0 Å². The molecule has 6 heteroatoms. The van der Waals surface area contributed by atoms with Gasteiger partial charge in [-0.3, -0.25) is 9.78 Å². The van der Waals surface area contributed by atoms with Crippen LogP contribution in [0.15, 0.2) is 42.7 Å². The number of benzene rings is 1.